The molecular weight excluding hydrogens is 494 g/mol. The summed E-state index contributed by atoms with van der Waals surface area (Å²) in [6.45, 7) is 6.72. The zero-order valence-electron chi connectivity index (χ0n) is 23.5. The molecular formula is C34H37N5O. The molecule has 2 heterocycles. The van der Waals surface area contributed by atoms with Crippen LogP contribution in [0.25, 0.3) is 22.3 Å². The van der Waals surface area contributed by atoms with Crippen molar-refractivity contribution in [3.05, 3.63) is 119 Å². The van der Waals surface area contributed by atoms with Crippen molar-refractivity contribution in [3.63, 3.8) is 0 Å². The van der Waals surface area contributed by atoms with Gasteiger partial charge in [0.1, 0.15) is 0 Å². The van der Waals surface area contributed by atoms with Crippen molar-refractivity contribution in [2.75, 3.05) is 13.6 Å². The summed E-state index contributed by atoms with van der Waals surface area (Å²) in [5.74, 6) is -0.139. The monoisotopic (exact) mass is 531 g/mol. The van der Waals surface area contributed by atoms with Gasteiger partial charge in [0, 0.05) is 12.1 Å². The van der Waals surface area contributed by atoms with Gasteiger partial charge in [0.05, 0.1) is 35.4 Å². The number of hydrogen-bond acceptors (Lipinski definition) is 4. The predicted molar refractivity (Wildman–Crippen MR) is 162 cm³/mol. The van der Waals surface area contributed by atoms with E-state index in [1.807, 2.05) is 66.2 Å². The second-order valence-corrected chi connectivity index (χ2v) is 10.5. The van der Waals surface area contributed by atoms with Crippen molar-refractivity contribution in [2.45, 2.75) is 45.8 Å². The summed E-state index contributed by atoms with van der Waals surface area (Å²) in [7, 11) is 2.16. The number of amides is 1. The molecule has 0 fully saturated rings. The molecule has 6 heteroatoms. The summed E-state index contributed by atoms with van der Waals surface area (Å²) in [5.41, 5.74) is 6.43. The van der Waals surface area contributed by atoms with Crippen molar-refractivity contribution >= 4 is 16.9 Å². The van der Waals surface area contributed by atoms with Gasteiger partial charge in [-0.2, -0.15) is 5.10 Å². The van der Waals surface area contributed by atoms with E-state index < -0.39 is 0 Å². The topological polar surface area (TPSA) is 63.1 Å². The summed E-state index contributed by atoms with van der Waals surface area (Å²) < 4.78 is 1.88. The number of nitrogens with zero attached hydrogens (tertiary/aromatic N) is 4. The molecule has 0 spiro atoms. The van der Waals surface area contributed by atoms with Crippen LogP contribution in [-0.2, 0) is 13.1 Å². The number of fused-ring (bicyclic) bond motifs is 1. The molecule has 2 aromatic heterocycles. The van der Waals surface area contributed by atoms with Gasteiger partial charge in [0.15, 0.2) is 5.65 Å². The van der Waals surface area contributed by atoms with Gasteiger partial charge in [-0.15, -0.1) is 0 Å². The number of aromatic nitrogens is 3. The Labute approximate surface area is 236 Å². The SMILES string of the molecule is CCCCN(C)Cc1cccc(-c2cc(C(=O)N[C@@H](C)c3ccccc3)c3cnn(Cc4ccccc4)c3n2)c1. The maximum absolute atomic E-state index is 13.7. The quantitative estimate of drug-likeness (QED) is 0.202. The van der Waals surface area contributed by atoms with Crippen LogP contribution in [0.3, 0.4) is 0 Å². The minimum atomic E-state index is -0.139. The molecule has 0 aliphatic heterocycles. The van der Waals surface area contributed by atoms with Gasteiger partial charge < -0.3 is 10.2 Å². The maximum Gasteiger partial charge on any atom is 0.252 e. The van der Waals surface area contributed by atoms with Crippen molar-refractivity contribution in [1.29, 1.82) is 0 Å². The highest BCUT2D eigenvalue weighted by Gasteiger charge is 2.20. The number of benzene rings is 3. The molecule has 0 aliphatic rings. The molecule has 1 N–H and O–H groups in total. The second-order valence-electron chi connectivity index (χ2n) is 10.5. The van der Waals surface area contributed by atoms with Crippen molar-refractivity contribution in [1.82, 2.24) is 25.0 Å². The minimum Gasteiger partial charge on any atom is -0.345 e. The molecule has 5 aromatic rings. The molecule has 0 radical (unpaired) electrons. The molecule has 0 saturated carbocycles. The number of rotatable bonds is 11. The smallest absolute Gasteiger partial charge is 0.252 e. The van der Waals surface area contributed by atoms with Gasteiger partial charge in [0.2, 0.25) is 0 Å². The van der Waals surface area contributed by atoms with Crippen LogP contribution >= 0.6 is 0 Å². The largest absolute Gasteiger partial charge is 0.345 e. The second kappa shape index (κ2) is 12.7. The van der Waals surface area contributed by atoms with E-state index in [0.717, 1.165) is 40.9 Å². The fourth-order valence-electron chi connectivity index (χ4n) is 5.00. The van der Waals surface area contributed by atoms with Crippen LogP contribution in [0.2, 0.25) is 0 Å². The average Bonchev–Trinajstić information content (AvgIpc) is 3.39. The minimum absolute atomic E-state index is 0.137. The van der Waals surface area contributed by atoms with Crippen LogP contribution in [0.1, 0.15) is 59.8 Å². The zero-order valence-corrected chi connectivity index (χ0v) is 23.5. The molecule has 1 atom stereocenters. The summed E-state index contributed by atoms with van der Waals surface area (Å²) in [4.78, 5) is 21.1. The Kier molecular flexibility index (Phi) is 8.67. The number of nitrogens with one attached hydrogen (secondary N) is 1. The van der Waals surface area contributed by atoms with E-state index in [4.69, 9.17) is 4.98 Å². The molecule has 40 heavy (non-hydrogen) atoms. The van der Waals surface area contributed by atoms with Crippen LogP contribution in [-0.4, -0.2) is 39.2 Å². The zero-order chi connectivity index (χ0) is 27.9. The van der Waals surface area contributed by atoms with E-state index in [9.17, 15) is 4.79 Å². The Bertz CT molecular complexity index is 1560. The lowest BCUT2D eigenvalue weighted by Gasteiger charge is -2.17. The van der Waals surface area contributed by atoms with Crippen LogP contribution in [0.15, 0.2) is 97.2 Å². The van der Waals surface area contributed by atoms with E-state index in [0.29, 0.717) is 17.8 Å². The fourth-order valence-corrected chi connectivity index (χ4v) is 5.00. The first-order valence-corrected chi connectivity index (χ1v) is 14.1. The van der Waals surface area contributed by atoms with Gasteiger partial charge >= 0.3 is 0 Å². The molecule has 0 bridgehead atoms. The maximum atomic E-state index is 13.7. The van der Waals surface area contributed by atoms with Crippen molar-refractivity contribution in [3.8, 4) is 11.3 Å². The summed E-state index contributed by atoms with van der Waals surface area (Å²) >= 11 is 0. The van der Waals surface area contributed by atoms with E-state index in [2.05, 4.69) is 65.7 Å². The van der Waals surface area contributed by atoms with Crippen molar-refractivity contribution < 1.29 is 4.79 Å². The lowest BCUT2D eigenvalue weighted by molar-refractivity contribution is 0.0941. The van der Waals surface area contributed by atoms with E-state index in [-0.39, 0.29) is 11.9 Å². The molecule has 3 aromatic carbocycles. The highest BCUT2D eigenvalue weighted by molar-refractivity contribution is 6.06. The first-order chi connectivity index (χ1) is 19.5. The molecule has 5 rings (SSSR count). The Hall–Kier alpha value is -4.29. The third-order valence-corrected chi connectivity index (χ3v) is 7.24. The van der Waals surface area contributed by atoms with Gasteiger partial charge in [-0.1, -0.05) is 92.2 Å². The van der Waals surface area contributed by atoms with E-state index in [1.165, 1.54) is 18.4 Å². The van der Waals surface area contributed by atoms with Gasteiger partial charge in [-0.05, 0) is 55.8 Å². The lowest BCUT2D eigenvalue weighted by atomic mass is 10.0. The average molecular weight is 532 g/mol. The normalized spacial score (nSPS) is 12.1. The third-order valence-electron chi connectivity index (χ3n) is 7.24. The number of carbonyl (C=O) groups is 1. The molecule has 6 nitrogen and oxygen atoms in total. The standard InChI is InChI=1S/C34H37N5O/c1-4-5-19-38(3)23-27-15-12-18-29(20-27)32-21-30(34(40)36-25(2)28-16-10-7-11-17-28)31-22-35-39(33(31)37-32)24-26-13-8-6-9-14-26/h6-18,20-22,25H,4-5,19,23-24H2,1-3H3,(H,36,40)/t25-/m0/s1. The third kappa shape index (κ3) is 6.46. The summed E-state index contributed by atoms with van der Waals surface area (Å²) in [6.07, 6.45) is 4.12. The molecule has 204 valence electrons. The lowest BCUT2D eigenvalue weighted by Crippen LogP contribution is -2.27. The Balaban J connectivity index is 1.53. The van der Waals surface area contributed by atoms with Crippen LogP contribution < -0.4 is 5.32 Å². The predicted octanol–water partition coefficient (Wildman–Crippen LogP) is 6.87. The van der Waals surface area contributed by atoms with Crippen LogP contribution in [0, 0.1) is 0 Å². The highest BCUT2D eigenvalue weighted by Crippen LogP contribution is 2.27. The summed E-state index contributed by atoms with van der Waals surface area (Å²) in [6, 6.07) is 30.4. The van der Waals surface area contributed by atoms with Gasteiger partial charge in [0.25, 0.3) is 5.91 Å². The van der Waals surface area contributed by atoms with Crippen LogP contribution in [0.5, 0.6) is 0 Å². The van der Waals surface area contributed by atoms with E-state index in [1.54, 1.807) is 6.20 Å². The first kappa shape index (κ1) is 27.3. The van der Waals surface area contributed by atoms with Gasteiger partial charge in [-0.3, -0.25) is 4.79 Å². The van der Waals surface area contributed by atoms with Crippen molar-refractivity contribution in [2.24, 2.45) is 0 Å². The molecule has 0 unspecified atom stereocenters. The van der Waals surface area contributed by atoms with E-state index >= 15 is 0 Å². The van der Waals surface area contributed by atoms with Crippen LogP contribution in [0.4, 0.5) is 0 Å². The number of hydrogen-bond donors (Lipinski definition) is 1. The molecule has 0 aliphatic carbocycles. The number of carbonyl (C=O) groups excluding carboxylic acids is 1. The number of unbranched alkanes of at least 4 members (excludes halogenated alkanes) is 1. The highest BCUT2D eigenvalue weighted by atomic mass is 16.1. The molecule has 1 amide bonds. The molecule has 0 saturated heterocycles. The first-order valence-electron chi connectivity index (χ1n) is 14.1. The Morgan fingerprint density at radius 2 is 1.68 bits per heavy atom. The Morgan fingerprint density at radius 1 is 0.950 bits per heavy atom. The van der Waals surface area contributed by atoms with Gasteiger partial charge in [-0.25, -0.2) is 9.67 Å². The number of pyridine rings is 1. The fraction of sp³-hybridized carbons (Fsp3) is 0.265. The Morgan fingerprint density at radius 3 is 2.42 bits per heavy atom. The summed E-state index contributed by atoms with van der Waals surface area (Å²) in [5, 5.41) is 8.59.